The number of halogens is 1. The van der Waals surface area contributed by atoms with Gasteiger partial charge in [-0.3, -0.25) is 4.98 Å². The van der Waals surface area contributed by atoms with Crippen LogP contribution in [0.5, 0.6) is 0 Å². The molecule has 0 spiro atoms. The van der Waals surface area contributed by atoms with Crippen LogP contribution >= 0.6 is 15.9 Å². The van der Waals surface area contributed by atoms with E-state index in [9.17, 15) is 0 Å². The average molecular weight is 252 g/mol. The number of nitrogens with zero attached hydrogens (tertiary/aromatic N) is 1. The summed E-state index contributed by atoms with van der Waals surface area (Å²) in [6, 6.07) is 6.02. The lowest BCUT2D eigenvalue weighted by Gasteiger charge is -2.06. The molecule has 3 heteroatoms. The minimum atomic E-state index is 0.309. The van der Waals surface area contributed by atoms with Gasteiger partial charge in [-0.25, -0.2) is 0 Å². The van der Waals surface area contributed by atoms with E-state index in [2.05, 4.69) is 20.9 Å². The molecule has 0 saturated carbocycles. The van der Waals surface area contributed by atoms with Crippen LogP contribution in [0.2, 0.25) is 0 Å². The smallest absolute Gasteiger partial charge is 0.0946 e. The van der Waals surface area contributed by atoms with Gasteiger partial charge in [-0.15, -0.1) is 0 Å². The van der Waals surface area contributed by atoms with Crippen molar-refractivity contribution in [1.82, 2.24) is 4.98 Å². The van der Waals surface area contributed by atoms with Crippen molar-refractivity contribution in [3.63, 3.8) is 0 Å². The minimum absolute atomic E-state index is 0.309. The first-order valence-corrected chi connectivity index (χ1v) is 5.33. The second-order valence-corrected chi connectivity index (χ2v) is 4.19. The van der Waals surface area contributed by atoms with Crippen LogP contribution < -0.4 is 0 Å². The van der Waals surface area contributed by atoms with Gasteiger partial charge in [0.2, 0.25) is 0 Å². The van der Waals surface area contributed by atoms with E-state index in [0.717, 1.165) is 6.42 Å². The molecule has 0 N–H and O–H groups in total. The third-order valence-corrected chi connectivity index (χ3v) is 2.92. The Balaban J connectivity index is 2.06. The van der Waals surface area contributed by atoms with Crippen molar-refractivity contribution in [2.45, 2.75) is 11.2 Å². The standard InChI is InChI=1S/C11H10BrNO/c12-11(10-3-6-14-8-10)7-9-1-4-13-5-2-9/h1-6,8,11H,7H2. The predicted octanol–water partition coefficient (Wildman–Crippen LogP) is 3.35. The van der Waals surface area contributed by atoms with Gasteiger partial charge in [-0.2, -0.15) is 0 Å². The number of hydrogen-bond donors (Lipinski definition) is 0. The molecule has 2 aromatic rings. The topological polar surface area (TPSA) is 26.0 Å². The first-order chi connectivity index (χ1) is 6.86. The molecule has 0 aliphatic rings. The fraction of sp³-hybridized carbons (Fsp3) is 0.182. The summed E-state index contributed by atoms with van der Waals surface area (Å²) in [4.78, 5) is 4.29. The van der Waals surface area contributed by atoms with Gasteiger partial charge >= 0.3 is 0 Å². The van der Waals surface area contributed by atoms with Crippen LogP contribution in [0.4, 0.5) is 0 Å². The van der Waals surface area contributed by atoms with E-state index in [1.165, 1.54) is 11.1 Å². The summed E-state index contributed by atoms with van der Waals surface area (Å²) < 4.78 is 5.03. The Kier molecular flexibility index (Phi) is 2.99. The highest BCUT2D eigenvalue weighted by Gasteiger charge is 2.08. The number of aromatic nitrogens is 1. The van der Waals surface area contributed by atoms with Crippen molar-refractivity contribution in [3.05, 3.63) is 54.2 Å². The van der Waals surface area contributed by atoms with Gasteiger partial charge in [0.15, 0.2) is 0 Å². The van der Waals surface area contributed by atoms with E-state index in [-0.39, 0.29) is 0 Å². The Morgan fingerprint density at radius 3 is 2.71 bits per heavy atom. The molecule has 1 unspecified atom stereocenters. The Hall–Kier alpha value is -1.09. The van der Waals surface area contributed by atoms with Crippen molar-refractivity contribution in [2.24, 2.45) is 0 Å². The zero-order valence-corrected chi connectivity index (χ0v) is 9.15. The Morgan fingerprint density at radius 1 is 1.29 bits per heavy atom. The highest BCUT2D eigenvalue weighted by molar-refractivity contribution is 9.09. The van der Waals surface area contributed by atoms with Crippen molar-refractivity contribution in [3.8, 4) is 0 Å². The molecule has 0 saturated heterocycles. The SMILES string of the molecule is BrC(Cc1ccncc1)c1ccoc1. The van der Waals surface area contributed by atoms with Crippen LogP contribution in [0.1, 0.15) is 16.0 Å². The monoisotopic (exact) mass is 251 g/mol. The molecule has 0 radical (unpaired) electrons. The lowest BCUT2D eigenvalue weighted by Crippen LogP contribution is -1.93. The highest BCUT2D eigenvalue weighted by atomic mass is 79.9. The minimum Gasteiger partial charge on any atom is -0.472 e. The van der Waals surface area contributed by atoms with E-state index in [1.807, 2.05) is 30.6 Å². The number of pyridine rings is 1. The van der Waals surface area contributed by atoms with Gasteiger partial charge in [-0.1, -0.05) is 15.9 Å². The number of rotatable bonds is 3. The highest BCUT2D eigenvalue weighted by Crippen LogP contribution is 2.26. The molecular weight excluding hydrogens is 242 g/mol. The van der Waals surface area contributed by atoms with E-state index in [1.54, 1.807) is 12.5 Å². The molecular formula is C11H10BrNO. The molecule has 0 aliphatic carbocycles. The first kappa shape index (κ1) is 9.46. The number of alkyl halides is 1. The summed E-state index contributed by atoms with van der Waals surface area (Å²) in [7, 11) is 0. The second kappa shape index (κ2) is 4.42. The molecule has 0 aliphatic heterocycles. The van der Waals surface area contributed by atoms with E-state index in [4.69, 9.17) is 4.42 Å². The Bertz CT molecular complexity index is 371. The zero-order chi connectivity index (χ0) is 9.80. The molecule has 2 rings (SSSR count). The van der Waals surface area contributed by atoms with E-state index < -0.39 is 0 Å². The molecule has 0 fully saturated rings. The maximum absolute atomic E-state index is 5.03. The van der Waals surface area contributed by atoms with Gasteiger partial charge in [0.1, 0.15) is 0 Å². The van der Waals surface area contributed by atoms with Crippen LogP contribution in [0.25, 0.3) is 0 Å². The summed E-state index contributed by atoms with van der Waals surface area (Å²) in [5, 5.41) is 0. The fourth-order valence-electron chi connectivity index (χ4n) is 1.30. The van der Waals surface area contributed by atoms with Crippen LogP contribution in [0.3, 0.4) is 0 Å². The molecule has 0 aromatic carbocycles. The summed E-state index contributed by atoms with van der Waals surface area (Å²) in [5.74, 6) is 0. The summed E-state index contributed by atoms with van der Waals surface area (Å²) in [6.45, 7) is 0. The molecule has 2 heterocycles. The third kappa shape index (κ3) is 2.23. The second-order valence-electron chi connectivity index (χ2n) is 3.08. The van der Waals surface area contributed by atoms with E-state index >= 15 is 0 Å². The Labute approximate surface area is 91.1 Å². The predicted molar refractivity (Wildman–Crippen MR) is 58.3 cm³/mol. The molecule has 0 amide bonds. The van der Waals surface area contributed by atoms with Crippen molar-refractivity contribution < 1.29 is 4.42 Å². The number of furan rings is 1. The molecule has 72 valence electrons. The molecule has 1 atom stereocenters. The normalized spacial score (nSPS) is 12.6. The van der Waals surface area contributed by atoms with Crippen molar-refractivity contribution in [2.75, 3.05) is 0 Å². The van der Waals surface area contributed by atoms with Gasteiger partial charge in [-0.05, 0) is 30.2 Å². The van der Waals surface area contributed by atoms with Gasteiger partial charge in [0.25, 0.3) is 0 Å². The van der Waals surface area contributed by atoms with Crippen molar-refractivity contribution >= 4 is 15.9 Å². The van der Waals surface area contributed by atoms with Crippen LogP contribution in [0.15, 0.2) is 47.5 Å². The molecule has 2 aromatic heterocycles. The Morgan fingerprint density at radius 2 is 2.07 bits per heavy atom. The van der Waals surface area contributed by atoms with Crippen LogP contribution in [-0.2, 0) is 6.42 Å². The zero-order valence-electron chi connectivity index (χ0n) is 7.56. The van der Waals surface area contributed by atoms with E-state index in [0.29, 0.717) is 4.83 Å². The lowest BCUT2D eigenvalue weighted by molar-refractivity contribution is 0.563. The van der Waals surface area contributed by atoms with Gasteiger partial charge in [0, 0.05) is 22.8 Å². The fourth-order valence-corrected chi connectivity index (χ4v) is 1.93. The largest absolute Gasteiger partial charge is 0.472 e. The van der Waals surface area contributed by atoms with Crippen molar-refractivity contribution in [1.29, 1.82) is 0 Å². The first-order valence-electron chi connectivity index (χ1n) is 4.41. The maximum Gasteiger partial charge on any atom is 0.0946 e. The van der Waals surface area contributed by atoms with Crippen LogP contribution in [0, 0.1) is 0 Å². The lowest BCUT2D eigenvalue weighted by atomic mass is 10.1. The molecule has 14 heavy (non-hydrogen) atoms. The third-order valence-electron chi connectivity index (χ3n) is 2.07. The number of hydrogen-bond acceptors (Lipinski definition) is 2. The maximum atomic E-state index is 5.03. The summed E-state index contributed by atoms with van der Waals surface area (Å²) in [6.07, 6.45) is 8.02. The van der Waals surface area contributed by atoms with Gasteiger partial charge < -0.3 is 4.42 Å². The average Bonchev–Trinajstić information content (AvgIpc) is 2.72. The molecule has 2 nitrogen and oxygen atoms in total. The summed E-state index contributed by atoms with van der Waals surface area (Å²) in [5.41, 5.74) is 2.44. The molecule has 0 bridgehead atoms. The summed E-state index contributed by atoms with van der Waals surface area (Å²) >= 11 is 3.62. The van der Waals surface area contributed by atoms with Gasteiger partial charge in [0.05, 0.1) is 12.5 Å². The van der Waals surface area contributed by atoms with Crippen LogP contribution in [-0.4, -0.2) is 4.98 Å². The quantitative estimate of drug-likeness (QED) is 0.783.